The fourth-order valence-electron chi connectivity index (χ4n) is 2.39. The van der Waals surface area contributed by atoms with Gasteiger partial charge in [0, 0.05) is 29.7 Å². The summed E-state index contributed by atoms with van der Waals surface area (Å²) < 4.78 is 12.0. The number of methoxy groups -OCH3 is 1. The van der Waals surface area contributed by atoms with Crippen molar-refractivity contribution in [2.45, 2.75) is 32.4 Å². The number of benzene rings is 1. The van der Waals surface area contributed by atoms with E-state index in [2.05, 4.69) is 38.5 Å². The molecule has 2 N–H and O–H groups in total. The minimum Gasteiger partial charge on any atom is -0.496 e. The summed E-state index contributed by atoms with van der Waals surface area (Å²) >= 11 is 3.49. The van der Waals surface area contributed by atoms with Crippen LogP contribution in [-0.2, 0) is 11.3 Å². The molecular formula is C16H24BrN3O2. The molecule has 0 aliphatic carbocycles. The summed E-state index contributed by atoms with van der Waals surface area (Å²) in [5.74, 6) is 1.65. The molecule has 1 atom stereocenters. The standard InChI is InChI=1S/C16H24BrN3O2/c1-3-18-16(20-11-14-5-4-8-22-14)19-10-12-9-13(17)6-7-15(12)21-2/h6-7,9,14H,3-5,8,10-11H2,1-2H3,(H2,18,19,20). The second-order valence-electron chi connectivity index (χ2n) is 5.17. The van der Waals surface area contributed by atoms with Crippen LogP contribution in [0.1, 0.15) is 25.3 Å². The van der Waals surface area contributed by atoms with E-state index in [0.717, 1.165) is 54.3 Å². The lowest BCUT2D eigenvalue weighted by Gasteiger charge is -2.15. The van der Waals surface area contributed by atoms with Crippen molar-refractivity contribution in [1.29, 1.82) is 0 Å². The van der Waals surface area contributed by atoms with Crippen molar-refractivity contribution in [1.82, 2.24) is 10.6 Å². The van der Waals surface area contributed by atoms with Crippen LogP contribution in [-0.4, -0.2) is 38.9 Å². The smallest absolute Gasteiger partial charge is 0.191 e. The second-order valence-corrected chi connectivity index (χ2v) is 6.08. The maximum atomic E-state index is 5.63. The Labute approximate surface area is 140 Å². The van der Waals surface area contributed by atoms with Crippen molar-refractivity contribution >= 4 is 21.9 Å². The number of nitrogens with zero attached hydrogens (tertiary/aromatic N) is 1. The maximum Gasteiger partial charge on any atom is 0.191 e. The highest BCUT2D eigenvalue weighted by molar-refractivity contribution is 9.10. The van der Waals surface area contributed by atoms with Crippen LogP contribution < -0.4 is 15.4 Å². The van der Waals surface area contributed by atoms with Crippen molar-refractivity contribution in [3.8, 4) is 5.75 Å². The van der Waals surface area contributed by atoms with Crippen molar-refractivity contribution in [2.75, 3.05) is 26.8 Å². The van der Waals surface area contributed by atoms with E-state index in [4.69, 9.17) is 9.47 Å². The zero-order chi connectivity index (χ0) is 15.8. The van der Waals surface area contributed by atoms with Crippen molar-refractivity contribution in [3.05, 3.63) is 28.2 Å². The zero-order valence-electron chi connectivity index (χ0n) is 13.2. The Morgan fingerprint density at radius 1 is 1.45 bits per heavy atom. The van der Waals surface area contributed by atoms with Gasteiger partial charge < -0.3 is 20.1 Å². The molecule has 0 radical (unpaired) electrons. The topological polar surface area (TPSA) is 54.9 Å². The molecule has 1 aliphatic rings. The predicted octanol–water partition coefficient (Wildman–Crippen LogP) is 2.69. The summed E-state index contributed by atoms with van der Waals surface area (Å²) in [7, 11) is 1.68. The molecule has 1 aromatic rings. The molecule has 0 bridgehead atoms. The first-order valence-electron chi connectivity index (χ1n) is 7.69. The van der Waals surface area contributed by atoms with E-state index in [-0.39, 0.29) is 0 Å². The first kappa shape index (κ1) is 17.1. The molecule has 22 heavy (non-hydrogen) atoms. The van der Waals surface area contributed by atoms with Gasteiger partial charge in [0.15, 0.2) is 5.96 Å². The lowest BCUT2D eigenvalue weighted by atomic mass is 10.2. The molecule has 0 saturated carbocycles. The van der Waals surface area contributed by atoms with E-state index < -0.39 is 0 Å². The summed E-state index contributed by atoms with van der Waals surface area (Å²) in [5, 5.41) is 6.61. The van der Waals surface area contributed by atoms with Gasteiger partial charge in [0.1, 0.15) is 5.75 Å². The molecule has 1 aliphatic heterocycles. The second kappa shape index (κ2) is 9.00. The average molecular weight is 370 g/mol. The molecule has 1 aromatic carbocycles. The lowest BCUT2D eigenvalue weighted by Crippen LogP contribution is -2.41. The highest BCUT2D eigenvalue weighted by Crippen LogP contribution is 2.23. The van der Waals surface area contributed by atoms with E-state index in [1.807, 2.05) is 18.2 Å². The largest absolute Gasteiger partial charge is 0.496 e. The molecule has 5 nitrogen and oxygen atoms in total. The minimum atomic E-state index is 0.296. The first-order valence-corrected chi connectivity index (χ1v) is 8.48. The van der Waals surface area contributed by atoms with E-state index in [0.29, 0.717) is 12.6 Å². The predicted molar refractivity (Wildman–Crippen MR) is 92.5 cm³/mol. The SMILES string of the molecule is CCNC(=NCc1cc(Br)ccc1OC)NCC1CCCO1. The fourth-order valence-corrected chi connectivity index (χ4v) is 2.80. The van der Waals surface area contributed by atoms with Crippen molar-refractivity contribution < 1.29 is 9.47 Å². The number of guanidine groups is 1. The van der Waals surface area contributed by atoms with E-state index in [1.165, 1.54) is 0 Å². The highest BCUT2D eigenvalue weighted by atomic mass is 79.9. The molecule has 0 amide bonds. The van der Waals surface area contributed by atoms with E-state index >= 15 is 0 Å². The monoisotopic (exact) mass is 369 g/mol. The quantitative estimate of drug-likeness (QED) is 0.597. The minimum absolute atomic E-state index is 0.296. The lowest BCUT2D eigenvalue weighted by molar-refractivity contribution is 0.114. The fraction of sp³-hybridized carbons (Fsp3) is 0.562. The Morgan fingerprint density at radius 2 is 2.32 bits per heavy atom. The molecule has 2 rings (SSSR count). The van der Waals surface area contributed by atoms with Crippen LogP contribution >= 0.6 is 15.9 Å². The van der Waals surface area contributed by atoms with Gasteiger partial charge in [-0.15, -0.1) is 0 Å². The Bertz CT molecular complexity index is 502. The van der Waals surface area contributed by atoms with Gasteiger partial charge >= 0.3 is 0 Å². The number of hydrogen-bond donors (Lipinski definition) is 2. The van der Waals surface area contributed by atoms with Crippen molar-refractivity contribution in [3.63, 3.8) is 0 Å². The molecule has 0 aromatic heterocycles. The summed E-state index contributed by atoms with van der Waals surface area (Å²) in [6.45, 7) is 5.11. The summed E-state index contributed by atoms with van der Waals surface area (Å²) in [6.07, 6.45) is 2.56. The maximum absolute atomic E-state index is 5.63. The molecule has 1 fully saturated rings. The van der Waals surface area contributed by atoms with Crippen LogP contribution in [0.15, 0.2) is 27.7 Å². The van der Waals surface area contributed by atoms with Crippen LogP contribution in [0.25, 0.3) is 0 Å². The van der Waals surface area contributed by atoms with Gasteiger partial charge in [-0.25, -0.2) is 4.99 Å². The highest BCUT2D eigenvalue weighted by Gasteiger charge is 2.15. The van der Waals surface area contributed by atoms with Crippen molar-refractivity contribution in [2.24, 2.45) is 4.99 Å². The van der Waals surface area contributed by atoms with Crippen LogP contribution in [0.3, 0.4) is 0 Å². The van der Waals surface area contributed by atoms with Gasteiger partial charge in [-0.2, -0.15) is 0 Å². The van der Waals surface area contributed by atoms with E-state index in [9.17, 15) is 0 Å². The van der Waals surface area contributed by atoms with Gasteiger partial charge in [-0.1, -0.05) is 15.9 Å². The first-order chi connectivity index (χ1) is 10.7. The van der Waals surface area contributed by atoms with Crippen LogP contribution in [0.2, 0.25) is 0 Å². The summed E-state index contributed by atoms with van der Waals surface area (Å²) in [6, 6.07) is 5.95. The molecule has 1 unspecified atom stereocenters. The normalized spacial score (nSPS) is 18.3. The van der Waals surface area contributed by atoms with Crippen LogP contribution in [0, 0.1) is 0 Å². The van der Waals surface area contributed by atoms with Gasteiger partial charge in [0.2, 0.25) is 0 Å². The number of aliphatic imine (C=N–C) groups is 1. The molecule has 6 heteroatoms. The van der Waals surface area contributed by atoms with Gasteiger partial charge in [0.05, 0.1) is 19.8 Å². The third-order valence-electron chi connectivity index (χ3n) is 3.52. The van der Waals surface area contributed by atoms with Crippen LogP contribution in [0.4, 0.5) is 0 Å². The summed E-state index contributed by atoms with van der Waals surface area (Å²) in [5.41, 5.74) is 1.05. The van der Waals surface area contributed by atoms with Gasteiger partial charge in [-0.3, -0.25) is 0 Å². The number of rotatable bonds is 6. The Morgan fingerprint density at radius 3 is 3.00 bits per heavy atom. The molecule has 1 saturated heterocycles. The molecular weight excluding hydrogens is 346 g/mol. The van der Waals surface area contributed by atoms with Gasteiger partial charge in [0.25, 0.3) is 0 Å². The molecule has 1 heterocycles. The van der Waals surface area contributed by atoms with E-state index in [1.54, 1.807) is 7.11 Å². The Kier molecular flexibility index (Phi) is 6.99. The number of ether oxygens (including phenoxy) is 2. The average Bonchev–Trinajstić information content (AvgIpc) is 3.03. The number of halogens is 1. The third-order valence-corrected chi connectivity index (χ3v) is 4.01. The third kappa shape index (κ3) is 5.18. The Hall–Kier alpha value is -1.27. The number of nitrogens with one attached hydrogen (secondary N) is 2. The molecule has 0 spiro atoms. The molecule has 122 valence electrons. The number of hydrogen-bond acceptors (Lipinski definition) is 3. The summed E-state index contributed by atoms with van der Waals surface area (Å²) in [4.78, 5) is 4.63. The van der Waals surface area contributed by atoms with Crippen LogP contribution in [0.5, 0.6) is 5.75 Å². The zero-order valence-corrected chi connectivity index (χ0v) is 14.8. The van der Waals surface area contributed by atoms with Gasteiger partial charge in [-0.05, 0) is 38.0 Å². The Balaban J connectivity index is 1.98.